The summed E-state index contributed by atoms with van der Waals surface area (Å²) in [5.74, 6) is -7.83. The van der Waals surface area contributed by atoms with Crippen LogP contribution in [0.5, 0.6) is 0 Å². The SMILES string of the molecule is CC(=O)OC[C@H]1O[C@@H](O[C@H]2[C@H](OC(C)=O)[C@@H](OC(C)=O)[C@H](OCC[Si](C)(C)C)O[C@@H]2CO[C@@H]2O[C@@H](C)[C@@H](OC(C)=O)[C@@H](OC(C)=O)[C@@H]2OC(C)=O)[C@H](OC(C)=O)[C@@H](OCC(=O)OC(C)(C)C)[C@H]1OC(C)=O. The van der Waals surface area contributed by atoms with Gasteiger partial charge >= 0.3 is 53.7 Å². The monoisotopic (exact) mass is 1040 g/mol. The van der Waals surface area contributed by atoms with Gasteiger partial charge in [-0.15, -0.1) is 0 Å². The fourth-order valence-corrected chi connectivity index (χ4v) is 8.31. The second kappa shape index (κ2) is 26.7. The number of hydrogen-bond donors (Lipinski definition) is 0. The first-order chi connectivity index (χ1) is 32.8. The quantitative estimate of drug-likeness (QED) is 0.0898. The van der Waals surface area contributed by atoms with E-state index in [-0.39, 0.29) is 6.61 Å². The van der Waals surface area contributed by atoms with Crippen molar-refractivity contribution in [3.63, 3.8) is 0 Å². The molecule has 0 aliphatic carbocycles. The van der Waals surface area contributed by atoms with Crippen LogP contribution in [0.15, 0.2) is 0 Å². The number of rotatable bonds is 21. The van der Waals surface area contributed by atoms with E-state index in [1.807, 2.05) is 0 Å². The fraction of sp³-hybridized carbons (Fsp3) is 0.800. The first-order valence-corrected chi connectivity index (χ1v) is 26.6. The largest absolute Gasteiger partial charge is 0.463 e. The minimum absolute atomic E-state index is 0.0652. The number of carbonyl (C=O) groups excluding carboxylic acids is 9. The third-order valence-corrected chi connectivity index (χ3v) is 11.8. The molecule has 3 rings (SSSR count). The van der Waals surface area contributed by atoms with Crippen molar-refractivity contribution in [3.8, 4) is 0 Å². The minimum atomic E-state index is -1.91. The molecule has 0 spiro atoms. The molecule has 0 aromatic heterocycles. The molecule has 3 fully saturated rings. The van der Waals surface area contributed by atoms with Gasteiger partial charge in [0, 0.05) is 70.1 Å². The van der Waals surface area contributed by atoms with Crippen molar-refractivity contribution >= 4 is 61.8 Å². The Balaban J connectivity index is 2.29. The van der Waals surface area contributed by atoms with Crippen LogP contribution in [0.3, 0.4) is 0 Å². The maximum absolute atomic E-state index is 13.1. The summed E-state index contributed by atoms with van der Waals surface area (Å²) in [5.41, 5.74) is -0.979. The van der Waals surface area contributed by atoms with Crippen LogP contribution in [0, 0.1) is 0 Å². The molecule has 0 bridgehead atoms. The molecule has 404 valence electrons. The van der Waals surface area contributed by atoms with Crippen LogP contribution in [0.4, 0.5) is 0 Å². The first kappa shape index (κ1) is 60.5. The van der Waals surface area contributed by atoms with Crippen molar-refractivity contribution < 1.29 is 119 Å². The maximum Gasteiger partial charge on any atom is 0.332 e. The third kappa shape index (κ3) is 19.9. The number of hydrogen-bond acceptors (Lipinski definition) is 25. The highest BCUT2D eigenvalue weighted by Gasteiger charge is 2.58. The summed E-state index contributed by atoms with van der Waals surface area (Å²) < 4.78 is 94.2. The molecule has 0 saturated carbocycles. The van der Waals surface area contributed by atoms with E-state index in [0.29, 0.717) is 6.04 Å². The Morgan fingerprint density at radius 3 is 1.32 bits per heavy atom. The zero-order chi connectivity index (χ0) is 53.7. The van der Waals surface area contributed by atoms with E-state index in [1.165, 1.54) is 6.92 Å². The Morgan fingerprint density at radius 1 is 0.451 bits per heavy atom. The Morgan fingerprint density at radius 2 is 0.859 bits per heavy atom. The molecule has 3 aliphatic heterocycles. The molecular weight excluding hydrogens is 969 g/mol. The number of esters is 9. The summed E-state index contributed by atoms with van der Waals surface area (Å²) in [6, 6.07) is 0.579. The van der Waals surface area contributed by atoms with Gasteiger partial charge in [0.1, 0.15) is 43.2 Å². The van der Waals surface area contributed by atoms with Gasteiger partial charge in [0.2, 0.25) is 0 Å². The Labute approximate surface area is 412 Å². The molecule has 26 heteroatoms. The van der Waals surface area contributed by atoms with Crippen molar-refractivity contribution in [1.82, 2.24) is 0 Å². The molecular formula is C45H70O25Si. The van der Waals surface area contributed by atoms with Crippen molar-refractivity contribution in [2.45, 2.75) is 206 Å². The van der Waals surface area contributed by atoms with Crippen LogP contribution in [0.1, 0.15) is 83.1 Å². The fourth-order valence-electron chi connectivity index (χ4n) is 7.58. The molecule has 3 saturated heterocycles. The summed E-state index contributed by atoms with van der Waals surface area (Å²) in [5, 5.41) is 0. The van der Waals surface area contributed by atoms with E-state index in [0.717, 1.165) is 55.4 Å². The molecule has 0 unspecified atom stereocenters. The molecule has 0 aromatic rings. The Hall–Kier alpha value is -4.83. The van der Waals surface area contributed by atoms with Gasteiger partial charge in [-0.25, -0.2) is 4.79 Å². The standard InChI is InChI=1S/C45H70O25Si/c1-21-33(60-23(3)47)37(62-25(5)49)40(65-28(8)52)43(59-21)58-19-31-35(38(63-26(6)50)41(66-29(9)53)42(67-31)55-16-17-71(13,14)15)69-44-39(64-27(7)51)36(57-20-32(54)70-45(10,11)12)34(61-24(4)48)30(68-44)18-56-22(2)46/h21,30-31,33-44H,16-20H2,1-15H3/t21-,30+,31+,33+,34-,35+,36-,37+,38-,39+,40-,41+,42+,43+,44-/m0/s1. The molecule has 25 nitrogen and oxygen atoms in total. The highest BCUT2D eigenvalue weighted by Crippen LogP contribution is 2.37. The molecule has 0 radical (unpaired) electrons. The molecule has 0 N–H and O–H groups in total. The highest BCUT2D eigenvalue weighted by molar-refractivity contribution is 6.76. The zero-order valence-corrected chi connectivity index (χ0v) is 43.9. The summed E-state index contributed by atoms with van der Waals surface area (Å²) >= 11 is 0. The summed E-state index contributed by atoms with van der Waals surface area (Å²) in [7, 11) is -1.80. The number of ether oxygens (including phenoxy) is 16. The minimum Gasteiger partial charge on any atom is -0.463 e. The molecule has 3 heterocycles. The normalized spacial score (nSPS) is 30.9. The van der Waals surface area contributed by atoms with E-state index >= 15 is 0 Å². The highest BCUT2D eigenvalue weighted by atomic mass is 28.3. The van der Waals surface area contributed by atoms with Crippen LogP contribution in [-0.4, -0.2) is 186 Å². The number of carbonyl (C=O) groups is 9. The van der Waals surface area contributed by atoms with E-state index in [9.17, 15) is 43.2 Å². The molecule has 0 aromatic carbocycles. The van der Waals surface area contributed by atoms with Gasteiger partial charge in [-0.1, -0.05) is 19.6 Å². The van der Waals surface area contributed by atoms with E-state index in [1.54, 1.807) is 20.8 Å². The van der Waals surface area contributed by atoms with Crippen LogP contribution in [-0.2, 0) is 119 Å². The second-order valence-corrected chi connectivity index (χ2v) is 24.7. The lowest BCUT2D eigenvalue weighted by atomic mass is 9.95. The predicted octanol–water partition coefficient (Wildman–Crippen LogP) is 1.75. The lowest BCUT2D eigenvalue weighted by Crippen LogP contribution is -2.67. The van der Waals surface area contributed by atoms with E-state index < -0.39 is 179 Å². The first-order valence-electron chi connectivity index (χ1n) is 22.9. The third-order valence-electron chi connectivity index (χ3n) is 10.1. The van der Waals surface area contributed by atoms with Crippen LogP contribution < -0.4 is 0 Å². The molecule has 3 aliphatic rings. The van der Waals surface area contributed by atoms with E-state index in [4.69, 9.17) is 75.8 Å². The van der Waals surface area contributed by atoms with Gasteiger partial charge in [0.15, 0.2) is 61.6 Å². The van der Waals surface area contributed by atoms with E-state index in [2.05, 4.69) is 19.6 Å². The second-order valence-electron chi connectivity index (χ2n) is 19.1. The van der Waals surface area contributed by atoms with Crippen LogP contribution in [0.25, 0.3) is 0 Å². The van der Waals surface area contributed by atoms with Gasteiger partial charge in [-0.2, -0.15) is 0 Å². The summed E-state index contributed by atoms with van der Waals surface area (Å²) in [6.45, 7) is 19.0. The summed E-state index contributed by atoms with van der Waals surface area (Å²) in [4.78, 5) is 114. The van der Waals surface area contributed by atoms with Crippen LogP contribution >= 0.6 is 0 Å². The van der Waals surface area contributed by atoms with Gasteiger partial charge in [-0.3, -0.25) is 38.4 Å². The topological polar surface area (TPSA) is 301 Å². The van der Waals surface area contributed by atoms with Crippen molar-refractivity contribution in [2.24, 2.45) is 0 Å². The maximum atomic E-state index is 13.1. The average Bonchev–Trinajstić information content (AvgIpc) is 3.19. The van der Waals surface area contributed by atoms with Crippen molar-refractivity contribution in [2.75, 3.05) is 26.4 Å². The lowest BCUT2D eigenvalue weighted by Gasteiger charge is -2.49. The Bertz CT molecular complexity index is 1880. The van der Waals surface area contributed by atoms with Crippen molar-refractivity contribution in [1.29, 1.82) is 0 Å². The van der Waals surface area contributed by atoms with Gasteiger partial charge in [-0.05, 0) is 33.7 Å². The van der Waals surface area contributed by atoms with Gasteiger partial charge < -0.3 is 75.8 Å². The summed E-state index contributed by atoms with van der Waals surface area (Å²) in [6.07, 6.45) is -23.6. The zero-order valence-electron chi connectivity index (χ0n) is 42.9. The van der Waals surface area contributed by atoms with Gasteiger partial charge in [0.25, 0.3) is 0 Å². The smallest absolute Gasteiger partial charge is 0.332 e. The van der Waals surface area contributed by atoms with Crippen LogP contribution in [0.2, 0.25) is 25.7 Å². The molecule has 71 heavy (non-hydrogen) atoms. The van der Waals surface area contributed by atoms with Crippen molar-refractivity contribution in [3.05, 3.63) is 0 Å². The molecule has 15 atom stereocenters. The lowest BCUT2D eigenvalue weighted by molar-refractivity contribution is -0.368. The average molecular weight is 1040 g/mol. The Kier molecular flexibility index (Phi) is 22.8. The molecule has 0 amide bonds. The van der Waals surface area contributed by atoms with Gasteiger partial charge in [0.05, 0.1) is 12.7 Å². The predicted molar refractivity (Wildman–Crippen MR) is 238 cm³/mol.